The molecule has 40 heavy (non-hydrogen) atoms. The smallest absolute Gasteiger partial charge is 0.261 e. The van der Waals surface area contributed by atoms with Crippen LogP contribution >= 0.6 is 39.6 Å². The SMILES string of the molecule is Br.COc1cc(OCCO[Si](c2ccccc2)(c2ccccc2)C(C)(C)C)ccc1-c1cn2cc(I)ccc2n1. The number of nitrogens with zero attached hydrogens (tertiary/aromatic N) is 2. The summed E-state index contributed by atoms with van der Waals surface area (Å²) in [5.74, 6) is 1.46. The Morgan fingerprint density at radius 2 is 1.48 bits per heavy atom. The van der Waals surface area contributed by atoms with Gasteiger partial charge in [-0.1, -0.05) is 81.4 Å². The molecule has 0 atom stereocenters. The lowest BCUT2D eigenvalue weighted by molar-refractivity contribution is 0.207. The van der Waals surface area contributed by atoms with Crippen molar-refractivity contribution in [2.75, 3.05) is 20.3 Å². The summed E-state index contributed by atoms with van der Waals surface area (Å²) in [7, 11) is -0.921. The van der Waals surface area contributed by atoms with Gasteiger partial charge in [-0.15, -0.1) is 17.0 Å². The first-order valence-electron chi connectivity index (χ1n) is 13.0. The first-order valence-corrected chi connectivity index (χ1v) is 16.0. The van der Waals surface area contributed by atoms with Gasteiger partial charge in [-0.2, -0.15) is 0 Å². The monoisotopic (exact) mass is 728 g/mol. The molecule has 0 spiro atoms. The van der Waals surface area contributed by atoms with E-state index in [0.29, 0.717) is 13.2 Å². The van der Waals surface area contributed by atoms with Gasteiger partial charge in [0.05, 0.1) is 19.4 Å². The van der Waals surface area contributed by atoms with E-state index in [2.05, 4.69) is 116 Å². The average molecular weight is 730 g/mol. The third kappa shape index (κ3) is 6.15. The van der Waals surface area contributed by atoms with Crippen LogP contribution in [0.1, 0.15) is 20.8 Å². The van der Waals surface area contributed by atoms with Gasteiger partial charge in [0.1, 0.15) is 23.8 Å². The molecule has 0 saturated heterocycles. The molecule has 0 aliphatic carbocycles. The highest BCUT2D eigenvalue weighted by molar-refractivity contribution is 14.1. The second-order valence-electron chi connectivity index (χ2n) is 10.5. The van der Waals surface area contributed by atoms with Gasteiger partial charge in [-0.05, 0) is 62.3 Å². The van der Waals surface area contributed by atoms with Crippen LogP contribution in [0.2, 0.25) is 5.04 Å². The van der Waals surface area contributed by atoms with Crippen molar-refractivity contribution in [1.29, 1.82) is 0 Å². The van der Waals surface area contributed by atoms with Crippen molar-refractivity contribution in [2.45, 2.75) is 25.8 Å². The van der Waals surface area contributed by atoms with Crippen molar-refractivity contribution in [3.63, 3.8) is 0 Å². The van der Waals surface area contributed by atoms with E-state index in [4.69, 9.17) is 18.9 Å². The van der Waals surface area contributed by atoms with Gasteiger partial charge >= 0.3 is 0 Å². The third-order valence-electron chi connectivity index (χ3n) is 6.95. The van der Waals surface area contributed by atoms with Crippen LogP contribution in [0.15, 0.2) is 103 Å². The zero-order valence-corrected chi connectivity index (χ0v) is 28.0. The van der Waals surface area contributed by atoms with Crippen molar-refractivity contribution >= 4 is 63.9 Å². The molecule has 8 heteroatoms. The van der Waals surface area contributed by atoms with Gasteiger partial charge in [-0.25, -0.2) is 4.98 Å². The van der Waals surface area contributed by atoms with E-state index in [-0.39, 0.29) is 22.0 Å². The van der Waals surface area contributed by atoms with Crippen LogP contribution in [0.5, 0.6) is 11.5 Å². The van der Waals surface area contributed by atoms with Gasteiger partial charge in [0.25, 0.3) is 8.32 Å². The van der Waals surface area contributed by atoms with E-state index in [9.17, 15) is 0 Å². The van der Waals surface area contributed by atoms with Crippen molar-refractivity contribution in [3.05, 3.63) is 107 Å². The summed E-state index contributed by atoms with van der Waals surface area (Å²) in [5.41, 5.74) is 2.68. The Morgan fingerprint density at radius 1 is 0.825 bits per heavy atom. The molecule has 5 aromatic rings. The Morgan fingerprint density at radius 3 is 2.08 bits per heavy atom. The highest BCUT2D eigenvalue weighted by atomic mass is 127. The normalized spacial score (nSPS) is 11.7. The Bertz CT molecular complexity index is 1520. The van der Waals surface area contributed by atoms with E-state index < -0.39 is 8.32 Å². The number of hydrogen-bond acceptors (Lipinski definition) is 4. The lowest BCUT2D eigenvalue weighted by Crippen LogP contribution is -2.66. The van der Waals surface area contributed by atoms with Gasteiger partial charge < -0.3 is 18.3 Å². The molecule has 0 aliphatic rings. The summed E-state index contributed by atoms with van der Waals surface area (Å²) in [6, 6.07) is 31.3. The zero-order valence-electron chi connectivity index (χ0n) is 23.1. The maximum atomic E-state index is 6.95. The topological polar surface area (TPSA) is 45.0 Å². The lowest BCUT2D eigenvalue weighted by atomic mass is 10.1. The van der Waals surface area contributed by atoms with E-state index in [1.54, 1.807) is 7.11 Å². The number of benzene rings is 3. The molecular formula is C32H34BrIN2O3Si. The van der Waals surface area contributed by atoms with E-state index in [1.165, 1.54) is 10.4 Å². The standard InChI is InChI=1S/C32H33IN2O3Si.BrH/c1-32(2,3)39(26-11-7-5-8-12-26,27-13-9-6-10-14-27)38-20-19-37-25-16-17-28(30(21-25)36-4)29-23-35-22-24(33)15-18-31(35)34-29;/h5-18,21-23H,19-20H2,1-4H3;1H. The van der Waals surface area contributed by atoms with E-state index in [1.807, 2.05) is 34.9 Å². The van der Waals surface area contributed by atoms with Gasteiger partial charge in [-0.3, -0.25) is 0 Å². The second kappa shape index (κ2) is 12.9. The van der Waals surface area contributed by atoms with Crippen LogP contribution in [0, 0.1) is 3.57 Å². The van der Waals surface area contributed by atoms with Crippen LogP contribution in [-0.4, -0.2) is 38.0 Å². The summed E-state index contributed by atoms with van der Waals surface area (Å²) >= 11 is 2.30. The molecule has 5 nitrogen and oxygen atoms in total. The maximum Gasteiger partial charge on any atom is 0.261 e. The lowest BCUT2D eigenvalue weighted by Gasteiger charge is -2.43. The number of rotatable bonds is 9. The quantitative estimate of drug-likeness (QED) is 0.0920. The molecule has 0 amide bonds. The number of fused-ring (bicyclic) bond motifs is 1. The molecule has 3 aromatic carbocycles. The third-order valence-corrected chi connectivity index (χ3v) is 12.6. The molecule has 208 valence electrons. The molecule has 0 unspecified atom stereocenters. The fourth-order valence-electron chi connectivity index (χ4n) is 5.18. The maximum absolute atomic E-state index is 6.95. The van der Waals surface area contributed by atoms with Crippen molar-refractivity contribution in [1.82, 2.24) is 9.38 Å². The molecule has 2 heterocycles. The molecule has 0 bridgehead atoms. The zero-order chi connectivity index (χ0) is 27.5. The molecule has 0 fully saturated rings. The van der Waals surface area contributed by atoms with E-state index >= 15 is 0 Å². The Kier molecular flexibility index (Phi) is 9.76. The largest absolute Gasteiger partial charge is 0.496 e. The molecular weight excluding hydrogens is 695 g/mol. The molecule has 0 N–H and O–H groups in total. The van der Waals surface area contributed by atoms with Gasteiger partial charge in [0, 0.05) is 27.6 Å². The van der Waals surface area contributed by atoms with Crippen LogP contribution in [0.4, 0.5) is 0 Å². The molecule has 0 aliphatic heterocycles. The number of halogens is 2. The highest BCUT2D eigenvalue weighted by Crippen LogP contribution is 2.37. The average Bonchev–Trinajstić information content (AvgIpc) is 3.36. The van der Waals surface area contributed by atoms with Crippen molar-refractivity contribution in [3.8, 4) is 22.8 Å². The summed E-state index contributed by atoms with van der Waals surface area (Å²) in [6.45, 7) is 7.75. The minimum atomic E-state index is -2.59. The molecule has 5 rings (SSSR count). The van der Waals surface area contributed by atoms with Crippen molar-refractivity contribution in [2.24, 2.45) is 0 Å². The number of methoxy groups -OCH3 is 1. The van der Waals surface area contributed by atoms with E-state index in [0.717, 1.165) is 32.0 Å². The van der Waals surface area contributed by atoms with Gasteiger partial charge in [0.2, 0.25) is 0 Å². The predicted molar refractivity (Wildman–Crippen MR) is 179 cm³/mol. The highest BCUT2D eigenvalue weighted by Gasteiger charge is 2.50. The molecule has 0 radical (unpaired) electrons. The van der Waals surface area contributed by atoms with Crippen LogP contribution in [-0.2, 0) is 4.43 Å². The molecule has 0 saturated carbocycles. The second-order valence-corrected chi connectivity index (χ2v) is 16.0. The van der Waals surface area contributed by atoms with Crippen molar-refractivity contribution < 1.29 is 13.9 Å². The summed E-state index contributed by atoms with van der Waals surface area (Å²) in [4.78, 5) is 4.77. The minimum absolute atomic E-state index is 0. The minimum Gasteiger partial charge on any atom is -0.496 e. The number of imidazole rings is 1. The fraction of sp³-hybridized carbons (Fsp3) is 0.219. The summed E-state index contributed by atoms with van der Waals surface area (Å²) < 4.78 is 22.0. The number of pyridine rings is 1. The summed E-state index contributed by atoms with van der Waals surface area (Å²) in [6.07, 6.45) is 4.08. The Balaban J connectivity index is 0.00000370. The van der Waals surface area contributed by atoms with Crippen LogP contribution in [0.25, 0.3) is 16.9 Å². The predicted octanol–water partition coefficient (Wildman–Crippen LogP) is 7.15. The van der Waals surface area contributed by atoms with Crippen LogP contribution < -0.4 is 19.8 Å². The Hall–Kier alpha value is -2.66. The summed E-state index contributed by atoms with van der Waals surface area (Å²) in [5, 5.41) is 2.45. The number of ether oxygens (including phenoxy) is 2. The van der Waals surface area contributed by atoms with Gasteiger partial charge in [0.15, 0.2) is 0 Å². The first-order chi connectivity index (χ1) is 18.8. The molecule has 2 aromatic heterocycles. The Labute approximate surface area is 261 Å². The number of hydrogen-bond donors (Lipinski definition) is 0. The first kappa shape index (κ1) is 30.3. The van der Waals surface area contributed by atoms with Crippen LogP contribution in [0.3, 0.4) is 0 Å². The fourth-order valence-corrected chi connectivity index (χ4v) is 10.2. The number of aromatic nitrogens is 2.